The Labute approximate surface area is 141 Å². The average Bonchev–Trinajstić information content (AvgIpc) is 2.36. The van der Waals surface area contributed by atoms with E-state index in [2.05, 4.69) is 57.2 Å². The van der Waals surface area contributed by atoms with Crippen LogP contribution in [0.2, 0.25) is 0 Å². The number of nitrogens with zero attached hydrogens (tertiary/aromatic N) is 1. The molecule has 0 aromatic rings. The Kier molecular flexibility index (Phi) is 7.28. The second kappa shape index (κ2) is 7.29. The molecule has 0 radical (unpaired) electrons. The van der Waals surface area contributed by atoms with Crippen molar-refractivity contribution in [2.24, 2.45) is 16.3 Å². The van der Waals surface area contributed by atoms with Crippen molar-refractivity contribution in [2.75, 3.05) is 14.2 Å². The molecule has 0 aromatic carbocycles. The van der Waals surface area contributed by atoms with Crippen molar-refractivity contribution in [3.05, 3.63) is 0 Å². The number of ether oxygens (including phenoxy) is 1. The van der Waals surface area contributed by atoms with Crippen LogP contribution in [-0.2, 0) is 4.74 Å². The molecule has 0 spiro atoms. The van der Waals surface area contributed by atoms with Gasteiger partial charge in [-0.25, -0.2) is 0 Å². The second-order valence-corrected chi connectivity index (χ2v) is 6.81. The summed E-state index contributed by atoms with van der Waals surface area (Å²) in [7, 11) is 3.62. The van der Waals surface area contributed by atoms with Crippen molar-refractivity contribution >= 4 is 29.9 Å². The highest BCUT2D eigenvalue weighted by Crippen LogP contribution is 2.51. The van der Waals surface area contributed by atoms with Crippen LogP contribution in [0.25, 0.3) is 0 Å². The maximum absolute atomic E-state index is 5.65. The Balaban J connectivity index is 0.00000361. The predicted octanol–water partition coefficient (Wildman–Crippen LogP) is 3.02. The van der Waals surface area contributed by atoms with Gasteiger partial charge in [0, 0.05) is 31.7 Å². The Hall–Kier alpha value is -0.0400. The van der Waals surface area contributed by atoms with Gasteiger partial charge in [0.15, 0.2) is 5.96 Å². The summed E-state index contributed by atoms with van der Waals surface area (Å²) >= 11 is 0. The molecule has 0 amide bonds. The van der Waals surface area contributed by atoms with E-state index < -0.39 is 0 Å². The summed E-state index contributed by atoms with van der Waals surface area (Å²) in [4.78, 5) is 4.32. The summed E-state index contributed by atoms with van der Waals surface area (Å²) in [6.07, 6.45) is 1.01. The van der Waals surface area contributed by atoms with Gasteiger partial charge in [0.05, 0.1) is 5.60 Å². The molecule has 0 heterocycles. The zero-order valence-electron chi connectivity index (χ0n) is 14.2. The van der Waals surface area contributed by atoms with Crippen LogP contribution < -0.4 is 10.6 Å². The van der Waals surface area contributed by atoms with Crippen molar-refractivity contribution in [1.29, 1.82) is 0 Å². The van der Waals surface area contributed by atoms with Gasteiger partial charge in [-0.3, -0.25) is 4.99 Å². The predicted molar refractivity (Wildman–Crippen MR) is 96.9 cm³/mol. The highest BCUT2D eigenvalue weighted by Gasteiger charge is 2.58. The quantitative estimate of drug-likeness (QED) is 0.436. The molecule has 5 heteroatoms. The third-order valence-corrected chi connectivity index (χ3v) is 5.18. The molecular formula is C15H32IN3O. The summed E-state index contributed by atoms with van der Waals surface area (Å²) in [6, 6.07) is 0.797. The van der Waals surface area contributed by atoms with Crippen LogP contribution in [0.5, 0.6) is 0 Å². The van der Waals surface area contributed by atoms with E-state index in [9.17, 15) is 0 Å². The van der Waals surface area contributed by atoms with Crippen molar-refractivity contribution in [3.8, 4) is 0 Å². The van der Waals surface area contributed by atoms with Crippen LogP contribution in [0.3, 0.4) is 0 Å². The average molecular weight is 397 g/mol. The minimum Gasteiger partial charge on any atom is -0.378 e. The van der Waals surface area contributed by atoms with Gasteiger partial charge in [-0.1, -0.05) is 27.7 Å². The molecular weight excluding hydrogens is 365 g/mol. The number of rotatable bonds is 4. The first kappa shape index (κ1) is 20.0. The van der Waals surface area contributed by atoms with E-state index in [1.54, 1.807) is 7.11 Å². The van der Waals surface area contributed by atoms with Crippen molar-refractivity contribution < 1.29 is 4.74 Å². The third-order valence-electron chi connectivity index (χ3n) is 5.18. The molecule has 2 N–H and O–H groups in total. The Morgan fingerprint density at radius 1 is 1.25 bits per heavy atom. The fourth-order valence-corrected chi connectivity index (χ4v) is 2.44. The first-order chi connectivity index (χ1) is 8.67. The molecule has 3 atom stereocenters. The van der Waals surface area contributed by atoms with Gasteiger partial charge in [-0.2, -0.15) is 0 Å². The minimum absolute atomic E-state index is 0. The van der Waals surface area contributed by atoms with Crippen LogP contribution in [0.1, 0.15) is 48.0 Å². The lowest BCUT2D eigenvalue weighted by atomic mass is 9.56. The van der Waals surface area contributed by atoms with Gasteiger partial charge in [0.25, 0.3) is 0 Å². The lowest BCUT2D eigenvalue weighted by Crippen LogP contribution is -2.69. The van der Waals surface area contributed by atoms with Crippen LogP contribution >= 0.6 is 24.0 Å². The number of nitrogens with one attached hydrogen (secondary N) is 2. The molecule has 0 bridgehead atoms. The number of guanidine groups is 1. The second-order valence-electron chi connectivity index (χ2n) is 6.81. The summed E-state index contributed by atoms with van der Waals surface area (Å²) in [5, 5.41) is 6.97. The lowest BCUT2D eigenvalue weighted by Gasteiger charge is -2.59. The van der Waals surface area contributed by atoms with Crippen molar-refractivity contribution in [2.45, 2.75) is 65.6 Å². The third kappa shape index (κ3) is 3.78. The first-order valence-electron chi connectivity index (χ1n) is 7.23. The summed E-state index contributed by atoms with van der Waals surface area (Å²) < 4.78 is 5.65. The lowest BCUT2D eigenvalue weighted by molar-refractivity contribution is -0.176. The summed E-state index contributed by atoms with van der Waals surface area (Å²) in [6.45, 7) is 13.3. The molecule has 20 heavy (non-hydrogen) atoms. The van der Waals surface area contributed by atoms with Gasteiger partial charge >= 0.3 is 0 Å². The van der Waals surface area contributed by atoms with Crippen molar-refractivity contribution in [1.82, 2.24) is 10.6 Å². The molecule has 3 unspecified atom stereocenters. The van der Waals surface area contributed by atoms with Gasteiger partial charge in [-0.05, 0) is 26.2 Å². The molecule has 120 valence electrons. The number of aliphatic imine (C=N–C) groups is 1. The van der Waals surface area contributed by atoms with Gasteiger partial charge < -0.3 is 15.4 Å². The number of halogens is 1. The fourth-order valence-electron chi connectivity index (χ4n) is 2.44. The smallest absolute Gasteiger partial charge is 0.191 e. The Bertz CT molecular complexity index is 344. The van der Waals surface area contributed by atoms with Gasteiger partial charge in [0.2, 0.25) is 0 Å². The zero-order chi connectivity index (χ0) is 14.8. The summed E-state index contributed by atoms with van der Waals surface area (Å²) in [5.41, 5.74) is 0.0492. The van der Waals surface area contributed by atoms with Gasteiger partial charge in [0.1, 0.15) is 0 Å². The van der Waals surface area contributed by atoms with Crippen LogP contribution in [-0.4, -0.2) is 37.8 Å². The highest BCUT2D eigenvalue weighted by molar-refractivity contribution is 14.0. The first-order valence-corrected chi connectivity index (χ1v) is 7.23. The number of methoxy groups -OCH3 is 1. The Morgan fingerprint density at radius 2 is 1.80 bits per heavy atom. The van der Waals surface area contributed by atoms with Crippen LogP contribution in [0.4, 0.5) is 0 Å². The highest BCUT2D eigenvalue weighted by atomic mass is 127. The fraction of sp³-hybridized carbons (Fsp3) is 0.933. The van der Waals surface area contributed by atoms with Crippen LogP contribution in [0, 0.1) is 11.3 Å². The zero-order valence-corrected chi connectivity index (χ0v) is 16.5. The molecule has 1 aliphatic rings. The molecule has 1 rings (SSSR count). The van der Waals surface area contributed by atoms with E-state index in [4.69, 9.17) is 4.74 Å². The molecule has 4 nitrogen and oxygen atoms in total. The minimum atomic E-state index is -0.0484. The van der Waals surface area contributed by atoms with Gasteiger partial charge in [-0.15, -0.1) is 24.0 Å². The molecule has 0 saturated heterocycles. The molecule has 1 saturated carbocycles. The summed E-state index contributed by atoms with van der Waals surface area (Å²) in [5.74, 6) is 1.47. The van der Waals surface area contributed by atoms with E-state index in [1.807, 2.05) is 7.05 Å². The Morgan fingerprint density at radius 3 is 2.15 bits per heavy atom. The van der Waals surface area contributed by atoms with E-state index in [0.717, 1.165) is 12.4 Å². The standard InChI is InChI=1S/C15H31N3O.HI/c1-10(2)11(3)17-13(16-7)18-12-9-15(6,19-8)14(12,4)5;/h10-12H,9H2,1-8H3,(H2,16,17,18);1H. The number of hydrogen-bond acceptors (Lipinski definition) is 2. The molecule has 1 aliphatic carbocycles. The maximum Gasteiger partial charge on any atom is 0.191 e. The molecule has 1 fully saturated rings. The number of hydrogen-bond donors (Lipinski definition) is 2. The maximum atomic E-state index is 5.65. The van der Waals surface area contributed by atoms with E-state index in [-0.39, 0.29) is 35.0 Å². The van der Waals surface area contributed by atoms with E-state index >= 15 is 0 Å². The van der Waals surface area contributed by atoms with Crippen molar-refractivity contribution in [3.63, 3.8) is 0 Å². The topological polar surface area (TPSA) is 45.7 Å². The molecule has 0 aliphatic heterocycles. The normalized spacial score (nSPS) is 30.2. The van der Waals surface area contributed by atoms with E-state index in [0.29, 0.717) is 18.0 Å². The van der Waals surface area contributed by atoms with E-state index in [1.165, 1.54) is 0 Å². The SMILES string of the molecule is CN=C(NC(C)C(C)C)NC1CC(C)(OC)C1(C)C.I. The monoisotopic (exact) mass is 397 g/mol. The van der Waals surface area contributed by atoms with Crippen LogP contribution in [0.15, 0.2) is 4.99 Å². The largest absolute Gasteiger partial charge is 0.378 e. The molecule has 0 aromatic heterocycles.